The summed E-state index contributed by atoms with van der Waals surface area (Å²) in [6.45, 7) is 1.61. The molecule has 2 rings (SSSR count). The molecule has 0 bridgehead atoms. The van der Waals surface area contributed by atoms with Gasteiger partial charge in [0.15, 0.2) is 0 Å². The van der Waals surface area contributed by atoms with Crippen molar-refractivity contribution < 1.29 is 14.7 Å². The van der Waals surface area contributed by atoms with Crippen LogP contribution in [0.5, 0.6) is 0 Å². The molecule has 0 saturated heterocycles. The van der Waals surface area contributed by atoms with E-state index >= 15 is 0 Å². The van der Waals surface area contributed by atoms with Crippen LogP contribution in [0.3, 0.4) is 0 Å². The number of hydrogen-bond donors (Lipinski definition) is 3. The molecule has 1 amide bonds. The van der Waals surface area contributed by atoms with Crippen molar-refractivity contribution >= 4 is 23.3 Å². The van der Waals surface area contributed by atoms with Crippen molar-refractivity contribution in [2.24, 2.45) is 5.73 Å². The molecule has 1 heterocycles. The number of nitrogens with two attached hydrogens (primary N) is 1. The zero-order valence-corrected chi connectivity index (χ0v) is 13.5. The van der Waals surface area contributed by atoms with Gasteiger partial charge in [0.1, 0.15) is 5.82 Å². The Bertz CT molecular complexity index is 859. The van der Waals surface area contributed by atoms with Gasteiger partial charge < -0.3 is 16.2 Å². The Labute approximate surface area is 144 Å². The van der Waals surface area contributed by atoms with Crippen molar-refractivity contribution in [1.29, 1.82) is 5.26 Å². The van der Waals surface area contributed by atoms with Gasteiger partial charge in [0, 0.05) is 11.9 Å². The van der Waals surface area contributed by atoms with Crippen LogP contribution in [0.15, 0.2) is 48.3 Å². The molecule has 0 atom stereocenters. The van der Waals surface area contributed by atoms with Gasteiger partial charge in [-0.2, -0.15) is 5.26 Å². The van der Waals surface area contributed by atoms with E-state index in [1.165, 1.54) is 12.3 Å². The second-order valence-corrected chi connectivity index (χ2v) is 5.32. The van der Waals surface area contributed by atoms with Gasteiger partial charge in [0.2, 0.25) is 0 Å². The number of aromatic nitrogens is 1. The fraction of sp³-hybridized carbons (Fsp3) is 0.111. The molecule has 25 heavy (non-hydrogen) atoms. The summed E-state index contributed by atoms with van der Waals surface area (Å²) in [6.07, 6.45) is 1.25. The predicted molar refractivity (Wildman–Crippen MR) is 92.1 cm³/mol. The van der Waals surface area contributed by atoms with E-state index in [2.05, 4.69) is 10.3 Å². The van der Waals surface area contributed by atoms with Gasteiger partial charge in [-0.1, -0.05) is 18.2 Å². The maximum absolute atomic E-state index is 12.5. The van der Waals surface area contributed by atoms with Crippen molar-refractivity contribution in [3.05, 3.63) is 65.0 Å². The van der Waals surface area contributed by atoms with Crippen LogP contribution in [-0.2, 0) is 16.0 Å². The molecule has 7 heteroatoms. The average Bonchev–Trinajstić information content (AvgIpc) is 2.56. The number of nitriles is 1. The number of nitrogens with zero attached hydrogens (tertiary/aromatic N) is 2. The average molecular weight is 336 g/mol. The minimum Gasteiger partial charge on any atom is -0.481 e. The molecule has 2 aromatic rings. The minimum atomic E-state index is -0.955. The summed E-state index contributed by atoms with van der Waals surface area (Å²) in [5.74, 6) is -1.11. The highest BCUT2D eigenvalue weighted by atomic mass is 16.4. The van der Waals surface area contributed by atoms with E-state index in [-0.39, 0.29) is 17.8 Å². The van der Waals surface area contributed by atoms with Gasteiger partial charge in [-0.05, 0) is 36.2 Å². The number of aliphatic carboxylic acids is 1. The maximum atomic E-state index is 12.5. The van der Waals surface area contributed by atoms with E-state index in [4.69, 9.17) is 16.1 Å². The van der Waals surface area contributed by atoms with Crippen LogP contribution in [0, 0.1) is 11.3 Å². The van der Waals surface area contributed by atoms with Gasteiger partial charge in [0.05, 0.1) is 23.6 Å². The van der Waals surface area contributed by atoms with Crippen molar-refractivity contribution in [3.8, 4) is 6.07 Å². The molecule has 0 aliphatic rings. The van der Waals surface area contributed by atoms with E-state index in [9.17, 15) is 9.59 Å². The first kappa shape index (κ1) is 17.7. The summed E-state index contributed by atoms with van der Waals surface area (Å²) < 4.78 is 0. The summed E-state index contributed by atoms with van der Waals surface area (Å²) in [7, 11) is 0. The number of rotatable bonds is 5. The third-order valence-corrected chi connectivity index (χ3v) is 3.35. The monoisotopic (exact) mass is 336 g/mol. The summed E-state index contributed by atoms with van der Waals surface area (Å²) in [5, 5.41) is 20.2. The fourth-order valence-corrected chi connectivity index (χ4v) is 2.21. The molecule has 7 nitrogen and oxygen atoms in total. The van der Waals surface area contributed by atoms with Crippen molar-refractivity contribution in [1.82, 2.24) is 4.98 Å². The molecule has 0 fully saturated rings. The number of hydrogen-bond acceptors (Lipinski definition) is 5. The number of pyridine rings is 1. The number of anilines is 1. The standard InChI is InChI=1S/C18H16N4O3/c1-11(20)17(14-5-2-12(9-19)3-6-14)18(25)22-15-7-4-13(10-21-15)8-16(23)24/h2-7,10H,8,20H2,1H3,(H,23,24)(H,21,22,25). The van der Waals surface area contributed by atoms with Gasteiger partial charge in [-0.3, -0.25) is 9.59 Å². The summed E-state index contributed by atoms with van der Waals surface area (Å²) >= 11 is 0. The lowest BCUT2D eigenvalue weighted by atomic mass is 10.0. The molecule has 4 N–H and O–H groups in total. The number of carboxylic acids is 1. The van der Waals surface area contributed by atoms with Gasteiger partial charge in [-0.15, -0.1) is 0 Å². The van der Waals surface area contributed by atoms with E-state index in [1.54, 1.807) is 37.3 Å². The first-order valence-corrected chi connectivity index (χ1v) is 7.35. The highest BCUT2D eigenvalue weighted by Gasteiger charge is 2.15. The zero-order chi connectivity index (χ0) is 18.4. The number of nitrogens with one attached hydrogen (secondary N) is 1. The molecule has 1 aromatic carbocycles. The minimum absolute atomic E-state index is 0.139. The van der Waals surface area contributed by atoms with Crippen LogP contribution in [0.1, 0.15) is 23.6 Å². The fourth-order valence-electron chi connectivity index (χ4n) is 2.21. The van der Waals surface area contributed by atoms with Crippen LogP contribution >= 0.6 is 0 Å². The SMILES string of the molecule is CC(N)=C(C(=O)Nc1ccc(CC(=O)O)cn1)c1ccc(C#N)cc1. The summed E-state index contributed by atoms with van der Waals surface area (Å²) in [5.41, 5.74) is 8.04. The van der Waals surface area contributed by atoms with Crippen LogP contribution in [0.25, 0.3) is 5.57 Å². The maximum Gasteiger partial charge on any atom is 0.307 e. The molecule has 0 spiro atoms. The Morgan fingerprint density at radius 2 is 1.92 bits per heavy atom. The van der Waals surface area contributed by atoms with Gasteiger partial charge in [0.25, 0.3) is 5.91 Å². The van der Waals surface area contributed by atoms with Crippen molar-refractivity contribution in [2.45, 2.75) is 13.3 Å². The van der Waals surface area contributed by atoms with Gasteiger partial charge in [-0.25, -0.2) is 4.98 Å². The first-order chi connectivity index (χ1) is 11.9. The van der Waals surface area contributed by atoms with E-state index in [0.29, 0.717) is 22.4 Å². The molecular weight excluding hydrogens is 320 g/mol. The Morgan fingerprint density at radius 3 is 2.40 bits per heavy atom. The highest BCUT2D eigenvalue weighted by molar-refractivity contribution is 6.25. The second-order valence-electron chi connectivity index (χ2n) is 5.32. The Morgan fingerprint density at radius 1 is 1.24 bits per heavy atom. The van der Waals surface area contributed by atoms with E-state index in [0.717, 1.165) is 0 Å². The topological polar surface area (TPSA) is 129 Å². The Balaban J connectivity index is 2.20. The van der Waals surface area contributed by atoms with E-state index < -0.39 is 11.9 Å². The third kappa shape index (κ3) is 4.65. The van der Waals surface area contributed by atoms with Crippen LogP contribution in [0.2, 0.25) is 0 Å². The molecule has 1 aromatic heterocycles. The number of carbonyl (C=O) groups excluding carboxylic acids is 1. The molecule has 0 radical (unpaired) electrons. The normalized spacial score (nSPS) is 11.2. The number of carbonyl (C=O) groups is 2. The first-order valence-electron chi connectivity index (χ1n) is 7.35. The molecule has 126 valence electrons. The Hall–Kier alpha value is -3.66. The lowest BCUT2D eigenvalue weighted by molar-refractivity contribution is -0.136. The van der Waals surface area contributed by atoms with Crippen LogP contribution in [0.4, 0.5) is 5.82 Å². The van der Waals surface area contributed by atoms with E-state index in [1.807, 2.05) is 6.07 Å². The van der Waals surface area contributed by atoms with Crippen LogP contribution in [-0.4, -0.2) is 22.0 Å². The molecular formula is C18H16N4O3. The van der Waals surface area contributed by atoms with Crippen molar-refractivity contribution in [2.75, 3.05) is 5.32 Å². The summed E-state index contributed by atoms with van der Waals surface area (Å²) in [6, 6.07) is 11.6. The molecule has 0 unspecified atom stereocenters. The van der Waals surface area contributed by atoms with Gasteiger partial charge >= 0.3 is 5.97 Å². The third-order valence-electron chi connectivity index (χ3n) is 3.35. The lowest BCUT2D eigenvalue weighted by Crippen LogP contribution is -2.18. The van der Waals surface area contributed by atoms with Crippen LogP contribution < -0.4 is 11.1 Å². The lowest BCUT2D eigenvalue weighted by Gasteiger charge is -2.11. The zero-order valence-electron chi connectivity index (χ0n) is 13.5. The quantitative estimate of drug-likeness (QED) is 0.715. The highest BCUT2D eigenvalue weighted by Crippen LogP contribution is 2.19. The molecule has 0 saturated carbocycles. The summed E-state index contributed by atoms with van der Waals surface area (Å²) in [4.78, 5) is 27.2. The second kappa shape index (κ2) is 7.75. The number of carboxylic acid groups (broad SMARTS) is 1. The number of benzene rings is 1. The molecule has 0 aliphatic heterocycles. The molecule has 0 aliphatic carbocycles. The largest absolute Gasteiger partial charge is 0.481 e. The number of allylic oxidation sites excluding steroid dienone is 1. The Kier molecular flexibility index (Phi) is 5.48. The number of amides is 1. The predicted octanol–water partition coefficient (Wildman–Crippen LogP) is 1.91. The smallest absolute Gasteiger partial charge is 0.307 e. The van der Waals surface area contributed by atoms with Crippen molar-refractivity contribution in [3.63, 3.8) is 0 Å².